The van der Waals surface area contributed by atoms with Crippen molar-refractivity contribution in [1.82, 2.24) is 15.0 Å². The third-order valence-corrected chi connectivity index (χ3v) is 11.7. The molecule has 0 saturated heterocycles. The molecule has 0 bridgehead atoms. The smallest absolute Gasteiger partial charge is 0.165 e. The van der Waals surface area contributed by atoms with Gasteiger partial charge in [0.1, 0.15) is 0 Å². The Morgan fingerprint density at radius 1 is 0.300 bits per heavy atom. The monoisotopic (exact) mass is 673 g/mol. The number of thiophene rings is 2. The van der Waals surface area contributed by atoms with Gasteiger partial charge in [0.25, 0.3) is 0 Å². The quantitative estimate of drug-likeness (QED) is 0.182. The summed E-state index contributed by atoms with van der Waals surface area (Å²) in [6.07, 6.45) is 0. The van der Waals surface area contributed by atoms with Gasteiger partial charge in [-0.25, -0.2) is 15.0 Å². The van der Waals surface area contributed by atoms with Crippen LogP contribution in [0.1, 0.15) is 0 Å². The van der Waals surface area contributed by atoms with Crippen molar-refractivity contribution in [3.8, 4) is 56.4 Å². The van der Waals surface area contributed by atoms with E-state index in [2.05, 4.69) is 158 Å². The van der Waals surface area contributed by atoms with Crippen LogP contribution in [0.2, 0.25) is 0 Å². The summed E-state index contributed by atoms with van der Waals surface area (Å²) in [6, 6.07) is 58.0. The minimum atomic E-state index is 0.654. The number of hydrogen-bond acceptors (Lipinski definition) is 5. The summed E-state index contributed by atoms with van der Waals surface area (Å²) >= 11 is 3.61. The highest BCUT2D eigenvalue weighted by molar-refractivity contribution is 7.26. The predicted molar refractivity (Wildman–Crippen MR) is 213 cm³/mol. The van der Waals surface area contributed by atoms with E-state index >= 15 is 0 Å². The van der Waals surface area contributed by atoms with Crippen LogP contribution < -0.4 is 0 Å². The molecule has 10 rings (SSSR count). The fourth-order valence-corrected chi connectivity index (χ4v) is 9.16. The van der Waals surface area contributed by atoms with E-state index in [-0.39, 0.29) is 0 Å². The van der Waals surface area contributed by atoms with Gasteiger partial charge in [0.2, 0.25) is 0 Å². The van der Waals surface area contributed by atoms with Gasteiger partial charge in [0, 0.05) is 57.0 Å². The zero-order valence-electron chi connectivity index (χ0n) is 26.7. The topological polar surface area (TPSA) is 38.7 Å². The lowest BCUT2D eigenvalue weighted by molar-refractivity contribution is 1.08. The normalized spacial score (nSPS) is 11.6. The van der Waals surface area contributed by atoms with E-state index in [0.29, 0.717) is 17.5 Å². The molecule has 3 heterocycles. The van der Waals surface area contributed by atoms with E-state index in [4.69, 9.17) is 15.0 Å². The highest BCUT2D eigenvalue weighted by Gasteiger charge is 2.18. The van der Waals surface area contributed by atoms with Crippen LogP contribution in [0, 0.1) is 0 Å². The zero-order valence-corrected chi connectivity index (χ0v) is 28.4. The van der Waals surface area contributed by atoms with E-state index in [9.17, 15) is 0 Å². The molecule has 0 amide bonds. The Labute approximate surface area is 296 Å². The molecule has 0 aliphatic rings. The van der Waals surface area contributed by atoms with Gasteiger partial charge in [-0.05, 0) is 64.7 Å². The molecule has 0 unspecified atom stereocenters. The molecular weight excluding hydrogens is 647 g/mol. The summed E-state index contributed by atoms with van der Waals surface area (Å²) in [5, 5.41) is 4.95. The molecule has 0 radical (unpaired) electrons. The number of aromatic nitrogens is 3. The van der Waals surface area contributed by atoms with Gasteiger partial charge < -0.3 is 0 Å². The Hall–Kier alpha value is -6.01. The van der Waals surface area contributed by atoms with E-state index in [1.807, 2.05) is 17.4 Å². The highest BCUT2D eigenvalue weighted by Crippen LogP contribution is 2.40. The standard InChI is InChI=1S/C45H27N3S2/c1-2-10-28(11-3-1)29-20-22-30(23-21-29)31-12-8-13-32(26-31)43-46-44(33-24-25-41-38(27-33)35-15-5-6-18-39(35)49-41)48-45(47-43)37-17-9-16-36-34-14-4-7-19-40(34)50-42(36)37/h1-27H. The van der Waals surface area contributed by atoms with Crippen molar-refractivity contribution >= 4 is 63.0 Å². The average molecular weight is 674 g/mol. The molecule has 3 nitrogen and oxygen atoms in total. The third kappa shape index (κ3) is 4.98. The minimum absolute atomic E-state index is 0.654. The maximum atomic E-state index is 5.20. The Kier molecular flexibility index (Phi) is 6.86. The molecule has 0 N–H and O–H groups in total. The van der Waals surface area contributed by atoms with Gasteiger partial charge in [-0.15, -0.1) is 22.7 Å². The Morgan fingerprint density at radius 3 is 1.58 bits per heavy atom. The highest BCUT2D eigenvalue weighted by atomic mass is 32.1. The van der Waals surface area contributed by atoms with Crippen molar-refractivity contribution in [3.63, 3.8) is 0 Å². The van der Waals surface area contributed by atoms with E-state index in [1.54, 1.807) is 11.3 Å². The summed E-state index contributed by atoms with van der Waals surface area (Å²) < 4.78 is 4.97. The molecule has 0 atom stereocenters. The van der Waals surface area contributed by atoms with E-state index in [0.717, 1.165) is 27.8 Å². The molecule has 5 heteroatoms. The van der Waals surface area contributed by atoms with Gasteiger partial charge in [-0.3, -0.25) is 0 Å². The molecule has 0 saturated carbocycles. The molecule has 0 aliphatic carbocycles. The third-order valence-electron chi connectivity index (χ3n) is 9.36. The summed E-state index contributed by atoms with van der Waals surface area (Å²) in [5.41, 5.74) is 7.60. The molecule has 234 valence electrons. The second-order valence-corrected chi connectivity index (χ2v) is 14.6. The van der Waals surface area contributed by atoms with Gasteiger partial charge in [-0.2, -0.15) is 0 Å². The Morgan fingerprint density at radius 2 is 0.800 bits per heavy atom. The van der Waals surface area contributed by atoms with Crippen molar-refractivity contribution in [2.45, 2.75) is 0 Å². The second kappa shape index (κ2) is 11.8. The van der Waals surface area contributed by atoms with Crippen LogP contribution >= 0.6 is 22.7 Å². The summed E-state index contributed by atoms with van der Waals surface area (Å²) in [7, 11) is 0. The first-order valence-corrected chi connectivity index (χ1v) is 18.2. The molecule has 0 aliphatic heterocycles. The summed E-state index contributed by atoms with van der Waals surface area (Å²) in [6.45, 7) is 0. The number of rotatable bonds is 5. The van der Waals surface area contributed by atoms with Crippen molar-refractivity contribution in [1.29, 1.82) is 0 Å². The van der Waals surface area contributed by atoms with Gasteiger partial charge in [-0.1, -0.05) is 121 Å². The van der Waals surface area contributed by atoms with Gasteiger partial charge in [0.05, 0.1) is 0 Å². The first kappa shape index (κ1) is 29.0. The maximum Gasteiger partial charge on any atom is 0.165 e. The van der Waals surface area contributed by atoms with Crippen LogP contribution in [0.25, 0.3) is 96.8 Å². The lowest BCUT2D eigenvalue weighted by Crippen LogP contribution is -2.00. The lowest BCUT2D eigenvalue weighted by Gasteiger charge is -2.11. The maximum absolute atomic E-state index is 5.20. The molecule has 50 heavy (non-hydrogen) atoms. The fraction of sp³-hybridized carbons (Fsp3) is 0. The first-order chi connectivity index (χ1) is 24.7. The van der Waals surface area contributed by atoms with Crippen LogP contribution in [-0.4, -0.2) is 15.0 Å². The predicted octanol–water partition coefficient (Wildman–Crippen LogP) is 12.9. The van der Waals surface area contributed by atoms with E-state index < -0.39 is 0 Å². The molecule has 7 aromatic carbocycles. The van der Waals surface area contributed by atoms with E-state index in [1.165, 1.54) is 51.5 Å². The minimum Gasteiger partial charge on any atom is -0.208 e. The second-order valence-electron chi connectivity index (χ2n) is 12.4. The Bertz CT molecular complexity index is 2870. The van der Waals surface area contributed by atoms with Crippen LogP contribution in [-0.2, 0) is 0 Å². The van der Waals surface area contributed by atoms with Crippen LogP contribution in [0.3, 0.4) is 0 Å². The Balaban J connectivity index is 1.14. The van der Waals surface area contributed by atoms with Crippen LogP contribution in [0.15, 0.2) is 164 Å². The number of benzene rings is 7. The van der Waals surface area contributed by atoms with Gasteiger partial charge >= 0.3 is 0 Å². The molecule has 0 spiro atoms. The number of hydrogen-bond donors (Lipinski definition) is 0. The van der Waals surface area contributed by atoms with Gasteiger partial charge in [0.15, 0.2) is 17.5 Å². The van der Waals surface area contributed by atoms with Crippen molar-refractivity contribution in [2.24, 2.45) is 0 Å². The fourth-order valence-electron chi connectivity index (χ4n) is 6.87. The summed E-state index contributed by atoms with van der Waals surface area (Å²) in [5.74, 6) is 1.99. The number of fused-ring (bicyclic) bond motifs is 6. The molecule has 3 aromatic heterocycles. The van der Waals surface area contributed by atoms with Crippen LogP contribution in [0.4, 0.5) is 0 Å². The van der Waals surface area contributed by atoms with Crippen molar-refractivity contribution < 1.29 is 0 Å². The summed E-state index contributed by atoms with van der Waals surface area (Å²) in [4.78, 5) is 15.6. The zero-order chi connectivity index (χ0) is 33.0. The van der Waals surface area contributed by atoms with Crippen molar-refractivity contribution in [3.05, 3.63) is 164 Å². The van der Waals surface area contributed by atoms with Crippen molar-refractivity contribution in [2.75, 3.05) is 0 Å². The number of nitrogens with zero attached hydrogens (tertiary/aromatic N) is 3. The van der Waals surface area contributed by atoms with Crippen LogP contribution in [0.5, 0.6) is 0 Å². The molecule has 10 aromatic rings. The SMILES string of the molecule is c1ccc(-c2ccc(-c3cccc(-c4nc(-c5ccc6sc7ccccc7c6c5)nc(-c5cccc6c5sc5ccccc56)n4)c3)cc2)cc1. The average Bonchev–Trinajstić information content (AvgIpc) is 3.76. The molecule has 0 fully saturated rings. The largest absolute Gasteiger partial charge is 0.208 e. The molecular formula is C45H27N3S2. The first-order valence-electron chi connectivity index (χ1n) is 16.6. The lowest BCUT2D eigenvalue weighted by atomic mass is 9.99.